The summed E-state index contributed by atoms with van der Waals surface area (Å²) in [7, 11) is 0. The highest BCUT2D eigenvalue weighted by Gasteiger charge is 2.43. The molecule has 6 aliphatic rings. The summed E-state index contributed by atoms with van der Waals surface area (Å²) in [6, 6.07) is 40.8. The van der Waals surface area contributed by atoms with E-state index in [0.717, 1.165) is 57.9 Å². The minimum Gasteiger partial charge on any atom is -0.456 e. The molecule has 4 aliphatic carbocycles. The maximum Gasteiger partial charge on any atom is 0.170 e. The van der Waals surface area contributed by atoms with Crippen LogP contribution in [0.4, 0.5) is 5.69 Å². The van der Waals surface area contributed by atoms with Gasteiger partial charge in [0.25, 0.3) is 0 Å². The van der Waals surface area contributed by atoms with Crippen molar-refractivity contribution in [2.75, 3.05) is 4.90 Å². The Morgan fingerprint density at radius 2 is 1.55 bits per heavy atom. The van der Waals surface area contributed by atoms with E-state index >= 15 is 0 Å². The zero-order valence-corrected chi connectivity index (χ0v) is 36.5. The van der Waals surface area contributed by atoms with Crippen molar-refractivity contribution >= 4 is 44.9 Å². The lowest BCUT2D eigenvalue weighted by atomic mass is 9.84. The zero-order chi connectivity index (χ0) is 42.6. The number of benzene rings is 5. The van der Waals surface area contributed by atoms with Gasteiger partial charge in [0.1, 0.15) is 22.8 Å². The van der Waals surface area contributed by atoms with E-state index < -0.39 is 6.17 Å². The molecule has 5 nitrogen and oxygen atoms in total. The Morgan fingerprint density at radius 1 is 0.703 bits per heavy atom. The van der Waals surface area contributed by atoms with Crippen LogP contribution >= 0.6 is 0 Å². The second kappa shape index (κ2) is 16.4. The summed E-state index contributed by atoms with van der Waals surface area (Å²) in [6.45, 7) is 2.27. The molecule has 0 saturated heterocycles. The van der Waals surface area contributed by atoms with Crippen molar-refractivity contribution < 1.29 is 4.42 Å². The Hall–Kier alpha value is -6.72. The lowest BCUT2D eigenvalue weighted by Crippen LogP contribution is -2.41. The van der Waals surface area contributed by atoms with Crippen LogP contribution in [0.5, 0.6) is 0 Å². The van der Waals surface area contributed by atoms with E-state index in [-0.39, 0.29) is 11.8 Å². The molecule has 64 heavy (non-hydrogen) atoms. The van der Waals surface area contributed by atoms with Gasteiger partial charge in [-0.2, -0.15) is 0 Å². The Morgan fingerprint density at radius 3 is 2.41 bits per heavy atom. The Bertz CT molecular complexity index is 3010. The molecule has 1 saturated carbocycles. The number of nitrogens with one attached hydrogen (secondary N) is 1. The minimum absolute atomic E-state index is 0.0991. The van der Waals surface area contributed by atoms with Crippen LogP contribution in [0.25, 0.3) is 38.6 Å². The number of amidine groups is 2. The van der Waals surface area contributed by atoms with Crippen molar-refractivity contribution in [3.63, 3.8) is 0 Å². The van der Waals surface area contributed by atoms with Gasteiger partial charge in [0, 0.05) is 56.9 Å². The van der Waals surface area contributed by atoms with E-state index in [0.29, 0.717) is 23.9 Å². The van der Waals surface area contributed by atoms with E-state index in [1.165, 1.54) is 70.8 Å². The molecule has 7 unspecified atom stereocenters. The van der Waals surface area contributed by atoms with Crippen LogP contribution in [-0.2, 0) is 0 Å². The van der Waals surface area contributed by atoms with E-state index in [9.17, 15) is 0 Å². The van der Waals surface area contributed by atoms with Gasteiger partial charge in [-0.25, -0.2) is 9.98 Å². The number of hydrogen-bond donors (Lipinski definition) is 1. The predicted molar refractivity (Wildman–Crippen MR) is 266 cm³/mol. The fraction of sp³-hybridized carbons (Fsp3) is 0.254. The van der Waals surface area contributed by atoms with Gasteiger partial charge in [-0.1, -0.05) is 178 Å². The van der Waals surface area contributed by atoms with Crippen LogP contribution in [0.15, 0.2) is 190 Å². The number of rotatable bonds is 7. The number of hydrogen-bond acceptors (Lipinski definition) is 5. The first-order valence-corrected chi connectivity index (χ1v) is 23.7. The standard InChI is InChI=1S/C59H54N4O/c1-38-18-14-15-27-45(38)58-60-57(40-21-8-3-9-22-40)61-59(62-58)50-37-43(42-24-16-23-41(36-42)39-19-6-2-7-20-39)32-33-46(50)47-29-17-31-53-54(47)49-34-35-52-55(56(49)64-53)48-28-12-5-13-30-51(48)63(52)44-25-10-4-11-26-44/h2-4,6-11,14-25,27,29,31-35,37-38,41,44-45,48,51,59H,5,12-13,26,28,30,36H2,1H3,(H,60,61,62). The zero-order valence-electron chi connectivity index (χ0n) is 36.5. The van der Waals surface area contributed by atoms with Gasteiger partial charge in [0.05, 0.1) is 6.04 Å². The number of allylic oxidation sites excluding steroid dienone is 9. The maximum atomic E-state index is 7.17. The van der Waals surface area contributed by atoms with Gasteiger partial charge in [-0.05, 0) is 83.7 Å². The number of nitrogens with zero attached hydrogens (tertiary/aromatic N) is 3. The summed E-state index contributed by atoms with van der Waals surface area (Å²) < 4.78 is 7.17. The number of aliphatic imine (C=N–C) groups is 2. The second-order valence-electron chi connectivity index (χ2n) is 18.6. The number of fused-ring (bicyclic) bond motifs is 7. The molecule has 2 aliphatic heterocycles. The Balaban J connectivity index is 1.04. The highest BCUT2D eigenvalue weighted by Crippen LogP contribution is 2.53. The summed E-state index contributed by atoms with van der Waals surface area (Å²) >= 11 is 0. The van der Waals surface area contributed by atoms with Gasteiger partial charge < -0.3 is 14.6 Å². The molecular weight excluding hydrogens is 781 g/mol. The van der Waals surface area contributed by atoms with Crippen LogP contribution in [0.2, 0.25) is 0 Å². The molecule has 7 atom stereocenters. The lowest BCUT2D eigenvalue weighted by molar-refractivity contribution is 0.475. The van der Waals surface area contributed by atoms with Crippen LogP contribution < -0.4 is 10.2 Å². The molecule has 0 spiro atoms. The van der Waals surface area contributed by atoms with Gasteiger partial charge >= 0.3 is 0 Å². The molecule has 6 aromatic rings. The van der Waals surface area contributed by atoms with Crippen molar-refractivity contribution in [3.05, 3.63) is 204 Å². The third-order valence-corrected chi connectivity index (χ3v) is 14.8. The first kappa shape index (κ1) is 38.9. The van der Waals surface area contributed by atoms with Crippen molar-refractivity contribution in [2.45, 2.75) is 82.0 Å². The van der Waals surface area contributed by atoms with Crippen molar-refractivity contribution in [1.82, 2.24) is 5.32 Å². The van der Waals surface area contributed by atoms with E-state index in [1.54, 1.807) is 0 Å². The monoisotopic (exact) mass is 834 g/mol. The van der Waals surface area contributed by atoms with Crippen LogP contribution in [0.1, 0.15) is 97.7 Å². The summed E-state index contributed by atoms with van der Waals surface area (Å²) in [5.41, 5.74) is 13.1. The average molecular weight is 835 g/mol. The predicted octanol–water partition coefficient (Wildman–Crippen LogP) is 14.3. The third-order valence-electron chi connectivity index (χ3n) is 14.8. The van der Waals surface area contributed by atoms with Gasteiger partial charge in [0.2, 0.25) is 0 Å². The van der Waals surface area contributed by atoms with Crippen LogP contribution in [0, 0.1) is 11.8 Å². The highest BCUT2D eigenvalue weighted by atomic mass is 16.3. The third kappa shape index (κ3) is 6.84. The summed E-state index contributed by atoms with van der Waals surface area (Å²) in [4.78, 5) is 13.9. The smallest absolute Gasteiger partial charge is 0.170 e. The quantitative estimate of drug-likeness (QED) is 0.174. The first-order valence-electron chi connectivity index (χ1n) is 23.7. The van der Waals surface area contributed by atoms with Crippen LogP contribution in [-0.4, -0.2) is 23.8 Å². The summed E-state index contributed by atoms with van der Waals surface area (Å²) in [5, 5.41) is 6.09. The largest absolute Gasteiger partial charge is 0.456 e. The number of anilines is 1. The van der Waals surface area contributed by atoms with E-state index in [2.05, 4.69) is 193 Å². The maximum absolute atomic E-state index is 7.17. The van der Waals surface area contributed by atoms with E-state index in [4.69, 9.17) is 14.4 Å². The second-order valence-corrected chi connectivity index (χ2v) is 18.6. The Kier molecular flexibility index (Phi) is 10.00. The van der Waals surface area contributed by atoms with Crippen molar-refractivity contribution in [3.8, 4) is 11.1 Å². The molecule has 0 amide bonds. The van der Waals surface area contributed by atoms with Crippen LogP contribution in [0.3, 0.4) is 0 Å². The van der Waals surface area contributed by atoms with Crippen molar-refractivity contribution in [2.24, 2.45) is 21.8 Å². The molecule has 5 aromatic carbocycles. The molecule has 0 radical (unpaired) electrons. The topological polar surface area (TPSA) is 53.1 Å². The van der Waals surface area contributed by atoms with Gasteiger partial charge in [-0.15, -0.1) is 0 Å². The molecule has 0 bridgehead atoms. The lowest BCUT2D eigenvalue weighted by Gasteiger charge is -2.36. The molecule has 3 heterocycles. The molecule has 12 rings (SSSR count). The Labute approximate surface area is 376 Å². The molecule has 1 fully saturated rings. The first-order chi connectivity index (χ1) is 31.7. The fourth-order valence-corrected chi connectivity index (χ4v) is 11.7. The average Bonchev–Trinajstić information content (AvgIpc) is 3.79. The van der Waals surface area contributed by atoms with E-state index in [1.807, 2.05) is 0 Å². The fourth-order valence-electron chi connectivity index (χ4n) is 11.7. The molecule has 1 aromatic heterocycles. The van der Waals surface area contributed by atoms with Gasteiger partial charge in [0.15, 0.2) is 6.17 Å². The number of furan rings is 1. The minimum atomic E-state index is -0.479. The molecule has 5 heteroatoms. The summed E-state index contributed by atoms with van der Waals surface area (Å²) in [6.07, 6.45) is 32.7. The molecule has 1 N–H and O–H groups in total. The van der Waals surface area contributed by atoms with Crippen molar-refractivity contribution in [1.29, 1.82) is 0 Å². The molecule has 316 valence electrons. The highest BCUT2D eigenvalue weighted by molar-refractivity contribution is 6.15. The normalized spacial score (nSPS) is 26.0. The molecular formula is C59H54N4O. The summed E-state index contributed by atoms with van der Waals surface area (Å²) in [5.74, 6) is 2.94. The van der Waals surface area contributed by atoms with Gasteiger partial charge in [-0.3, -0.25) is 0 Å². The SMILES string of the molecule is CC1C=CC=CC1C1=NC(c2cc(C3=CC=CC(c4ccccc4)C3)ccc2-c2cccc3oc4c5c(ccc4c23)N(C2C=CC=CC2)C2CCCCCC52)N=C(c2ccccc2)N1.